The third-order valence-corrected chi connectivity index (χ3v) is 12.7. The number of nitrogens with zero attached hydrogens (tertiary/aromatic N) is 6. The normalized spacial score (nSPS) is 15.4. The first-order chi connectivity index (χ1) is 28.2. The van der Waals surface area contributed by atoms with Crippen LogP contribution < -0.4 is 9.64 Å². The summed E-state index contributed by atoms with van der Waals surface area (Å²) in [7, 11) is 0. The van der Waals surface area contributed by atoms with Crippen LogP contribution in [0.2, 0.25) is 0 Å². The van der Waals surface area contributed by atoms with Crippen molar-refractivity contribution in [3.8, 4) is 28.6 Å². The maximum atomic E-state index is 7.83. The molecule has 0 bridgehead atoms. The number of ether oxygens (including phenoxy) is 1. The zero-order chi connectivity index (χ0) is 37.8. The molecule has 0 amide bonds. The van der Waals surface area contributed by atoms with Gasteiger partial charge in [0.15, 0.2) is 22.9 Å². The standard InChI is InChI=1S/C49H26N6OS/c1-50-29-20-22-37-32(25-29)33-26-30(51-2)21-23-38(33)55(37)41-15-9-19-45-46(41)49(34-11-3-8-18-44(34)57-45)35-12-10-24-52-47(35)48-36(49)27-31(28-53-48)54-39-13-4-6-16-42(39)56-43-17-7-5-14-40(43)54/h3-28H. The molecule has 3 aromatic heterocycles. The minimum atomic E-state index is -0.823. The first-order valence-corrected chi connectivity index (χ1v) is 19.4. The molecule has 6 aromatic carbocycles. The average Bonchev–Trinajstić information content (AvgIpc) is 3.74. The number of rotatable bonds is 2. The number of pyridine rings is 2. The summed E-state index contributed by atoms with van der Waals surface area (Å²) in [5.41, 5.74) is 12.1. The molecule has 7 nitrogen and oxygen atoms in total. The molecule has 3 aliphatic rings. The number of hydrogen-bond acceptors (Lipinski definition) is 5. The van der Waals surface area contributed by atoms with E-state index >= 15 is 0 Å². The molecular weight excluding hydrogens is 721 g/mol. The van der Waals surface area contributed by atoms with Crippen LogP contribution >= 0.6 is 11.8 Å². The van der Waals surface area contributed by atoms with Crippen molar-refractivity contribution < 1.29 is 4.74 Å². The van der Waals surface area contributed by atoms with E-state index in [1.807, 2.05) is 91.3 Å². The fraction of sp³-hybridized carbons (Fsp3) is 0.0204. The van der Waals surface area contributed by atoms with E-state index in [4.69, 9.17) is 27.8 Å². The zero-order valence-corrected chi connectivity index (χ0v) is 30.8. The fourth-order valence-corrected chi connectivity index (χ4v) is 10.5. The monoisotopic (exact) mass is 746 g/mol. The Kier molecular flexibility index (Phi) is 6.49. The van der Waals surface area contributed by atoms with Crippen molar-refractivity contribution in [3.05, 3.63) is 203 Å². The second-order valence-electron chi connectivity index (χ2n) is 14.3. The van der Waals surface area contributed by atoms with Gasteiger partial charge in [-0.15, -0.1) is 0 Å². The van der Waals surface area contributed by atoms with E-state index in [1.54, 1.807) is 11.8 Å². The molecule has 1 atom stereocenters. The summed E-state index contributed by atoms with van der Waals surface area (Å²) in [5.74, 6) is 1.55. The number of fused-ring (bicyclic) bond motifs is 14. The molecule has 8 heteroatoms. The molecule has 2 aliphatic heterocycles. The molecule has 0 saturated carbocycles. The van der Waals surface area contributed by atoms with Gasteiger partial charge in [0.05, 0.1) is 69.9 Å². The lowest BCUT2D eigenvalue weighted by Gasteiger charge is -2.41. The molecule has 0 N–H and O–H groups in total. The molecule has 0 fully saturated rings. The Morgan fingerprint density at radius 3 is 1.89 bits per heavy atom. The summed E-state index contributed by atoms with van der Waals surface area (Å²) in [6, 6.07) is 49.9. The van der Waals surface area contributed by atoms with Gasteiger partial charge in [-0.2, -0.15) is 0 Å². The summed E-state index contributed by atoms with van der Waals surface area (Å²) < 4.78 is 8.74. The smallest absolute Gasteiger partial charge is 0.188 e. The van der Waals surface area contributed by atoms with Crippen LogP contribution in [0.5, 0.6) is 11.5 Å². The zero-order valence-electron chi connectivity index (χ0n) is 30.0. The highest BCUT2D eigenvalue weighted by atomic mass is 32.2. The van der Waals surface area contributed by atoms with Crippen molar-refractivity contribution >= 4 is 62.0 Å². The second-order valence-corrected chi connectivity index (χ2v) is 15.4. The Hall–Kier alpha value is -7.65. The quantitative estimate of drug-likeness (QED) is 0.165. The Morgan fingerprint density at radius 1 is 0.561 bits per heavy atom. The minimum absolute atomic E-state index is 0.556. The molecule has 1 spiro atoms. The Bertz CT molecular complexity index is 3200. The van der Waals surface area contributed by atoms with Gasteiger partial charge in [-0.05, 0) is 101 Å². The highest BCUT2D eigenvalue weighted by Crippen LogP contribution is 2.64. The van der Waals surface area contributed by atoms with Crippen LogP contribution in [-0.2, 0) is 5.41 Å². The molecular formula is C49H26N6OS. The number of anilines is 3. The fourth-order valence-electron chi connectivity index (χ4n) is 9.32. The predicted molar refractivity (Wildman–Crippen MR) is 225 cm³/mol. The van der Waals surface area contributed by atoms with Gasteiger partial charge in [0.1, 0.15) is 0 Å². The molecule has 12 rings (SSSR count). The van der Waals surface area contributed by atoms with Crippen LogP contribution in [0.4, 0.5) is 28.4 Å². The van der Waals surface area contributed by atoms with Gasteiger partial charge in [-0.25, -0.2) is 9.69 Å². The van der Waals surface area contributed by atoms with E-state index in [0.29, 0.717) is 11.4 Å². The SMILES string of the molecule is [C-]#[N+]c1ccc2c(c1)c1cc([N+]#[C-])ccc1n2-c1cccc2c1C1(c3ccccc3S2)c2cccnc2-c2ncc(N3c4ccccc4Oc4ccccc43)cc21. The van der Waals surface area contributed by atoms with Crippen molar-refractivity contribution in [2.75, 3.05) is 4.90 Å². The number of benzene rings is 6. The average molecular weight is 747 g/mol. The maximum absolute atomic E-state index is 7.83. The van der Waals surface area contributed by atoms with Crippen LogP contribution in [0, 0.1) is 13.1 Å². The van der Waals surface area contributed by atoms with Crippen LogP contribution in [-0.4, -0.2) is 14.5 Å². The van der Waals surface area contributed by atoms with Crippen LogP contribution in [0.1, 0.15) is 22.3 Å². The maximum Gasteiger partial charge on any atom is 0.188 e. The lowest BCUT2D eigenvalue weighted by atomic mass is 9.67. The first kappa shape index (κ1) is 31.7. The lowest BCUT2D eigenvalue weighted by Crippen LogP contribution is -2.33. The summed E-state index contributed by atoms with van der Waals surface area (Å²) in [6.45, 7) is 15.7. The topological polar surface area (TPSA) is 51.9 Å². The summed E-state index contributed by atoms with van der Waals surface area (Å²) in [4.78, 5) is 22.5. The van der Waals surface area contributed by atoms with Crippen molar-refractivity contribution in [1.82, 2.24) is 14.5 Å². The summed E-state index contributed by atoms with van der Waals surface area (Å²) >= 11 is 1.78. The van der Waals surface area contributed by atoms with Crippen molar-refractivity contribution in [2.45, 2.75) is 15.2 Å². The van der Waals surface area contributed by atoms with Gasteiger partial charge in [-0.1, -0.05) is 78.5 Å². The van der Waals surface area contributed by atoms with Crippen LogP contribution in [0.15, 0.2) is 168 Å². The molecule has 57 heavy (non-hydrogen) atoms. The summed E-state index contributed by atoms with van der Waals surface area (Å²) in [6.07, 6.45) is 3.82. The lowest BCUT2D eigenvalue weighted by molar-refractivity contribution is 0.477. The Balaban J connectivity index is 1.21. The van der Waals surface area contributed by atoms with E-state index < -0.39 is 5.41 Å². The highest BCUT2D eigenvalue weighted by molar-refractivity contribution is 7.99. The Morgan fingerprint density at radius 2 is 1.18 bits per heavy atom. The summed E-state index contributed by atoms with van der Waals surface area (Å²) in [5, 5.41) is 1.86. The molecule has 5 heterocycles. The van der Waals surface area contributed by atoms with E-state index in [-0.39, 0.29) is 0 Å². The first-order valence-electron chi connectivity index (χ1n) is 18.5. The van der Waals surface area contributed by atoms with Crippen molar-refractivity contribution in [1.29, 1.82) is 0 Å². The van der Waals surface area contributed by atoms with Gasteiger partial charge >= 0.3 is 0 Å². The minimum Gasteiger partial charge on any atom is -0.453 e. The van der Waals surface area contributed by atoms with Gasteiger partial charge in [0.2, 0.25) is 0 Å². The van der Waals surface area contributed by atoms with Gasteiger partial charge in [-0.3, -0.25) is 9.97 Å². The molecule has 9 aromatic rings. The number of aromatic nitrogens is 3. The number of para-hydroxylation sites is 4. The van der Waals surface area contributed by atoms with Crippen molar-refractivity contribution in [2.24, 2.45) is 0 Å². The Labute approximate surface area is 331 Å². The van der Waals surface area contributed by atoms with Crippen LogP contribution in [0.25, 0.3) is 48.6 Å². The molecule has 264 valence electrons. The second kappa shape index (κ2) is 11.7. The van der Waals surface area contributed by atoms with Crippen molar-refractivity contribution in [3.63, 3.8) is 0 Å². The predicted octanol–water partition coefficient (Wildman–Crippen LogP) is 13.1. The third kappa shape index (κ3) is 4.20. The number of hydrogen-bond donors (Lipinski definition) is 0. The largest absolute Gasteiger partial charge is 0.453 e. The van der Waals surface area contributed by atoms with Gasteiger partial charge in [0, 0.05) is 27.1 Å². The van der Waals surface area contributed by atoms with E-state index in [0.717, 1.165) is 94.6 Å². The highest BCUT2D eigenvalue weighted by Gasteiger charge is 2.53. The van der Waals surface area contributed by atoms with E-state index in [2.05, 4.69) is 85.9 Å². The molecule has 0 radical (unpaired) electrons. The van der Waals surface area contributed by atoms with Gasteiger partial charge < -0.3 is 14.2 Å². The molecule has 0 saturated heterocycles. The third-order valence-electron chi connectivity index (χ3n) is 11.5. The molecule has 1 aliphatic carbocycles. The molecule has 1 unspecified atom stereocenters. The van der Waals surface area contributed by atoms with Gasteiger partial charge in [0.25, 0.3) is 0 Å². The van der Waals surface area contributed by atoms with E-state index in [1.165, 1.54) is 4.90 Å². The van der Waals surface area contributed by atoms with Crippen LogP contribution in [0.3, 0.4) is 0 Å². The van der Waals surface area contributed by atoms with E-state index in [9.17, 15) is 0 Å².